The topological polar surface area (TPSA) is 35.6 Å². The molecular formula is C21H24N4. The van der Waals surface area contributed by atoms with Crippen molar-refractivity contribution in [2.75, 3.05) is 0 Å². The van der Waals surface area contributed by atoms with Crippen LogP contribution in [0.25, 0.3) is 22.1 Å². The highest BCUT2D eigenvalue weighted by molar-refractivity contribution is 5.77. The van der Waals surface area contributed by atoms with Crippen LogP contribution in [-0.2, 0) is 19.5 Å². The van der Waals surface area contributed by atoms with E-state index in [0.29, 0.717) is 0 Å². The zero-order chi connectivity index (χ0) is 17.2. The number of hydrogen-bond acceptors (Lipinski definition) is 2. The van der Waals surface area contributed by atoms with Gasteiger partial charge < -0.3 is 9.13 Å². The lowest BCUT2D eigenvalue weighted by Crippen LogP contribution is -2.09. The zero-order valence-corrected chi connectivity index (χ0v) is 14.9. The monoisotopic (exact) mass is 332 g/mol. The molecule has 0 saturated carbocycles. The average molecular weight is 332 g/mol. The number of hydrogen-bond donors (Lipinski definition) is 0. The molecule has 25 heavy (non-hydrogen) atoms. The average Bonchev–Trinajstić information content (AvgIpc) is 3.15. The molecule has 0 saturated heterocycles. The van der Waals surface area contributed by atoms with Crippen LogP contribution in [0, 0.1) is 0 Å². The molecule has 0 unspecified atom stereocenters. The van der Waals surface area contributed by atoms with Gasteiger partial charge in [0.05, 0.1) is 28.5 Å². The number of rotatable bonds is 6. The third-order valence-corrected chi connectivity index (χ3v) is 4.68. The fourth-order valence-corrected chi connectivity index (χ4v) is 3.61. The van der Waals surface area contributed by atoms with E-state index in [-0.39, 0.29) is 0 Å². The van der Waals surface area contributed by atoms with E-state index in [1.54, 1.807) is 0 Å². The maximum atomic E-state index is 4.91. The molecule has 4 rings (SSSR count). The van der Waals surface area contributed by atoms with Gasteiger partial charge in [-0.05, 0) is 37.1 Å². The molecule has 0 amide bonds. The quantitative estimate of drug-likeness (QED) is 0.508. The van der Waals surface area contributed by atoms with Crippen LogP contribution in [0.4, 0.5) is 0 Å². The summed E-state index contributed by atoms with van der Waals surface area (Å²) in [4.78, 5) is 9.82. The van der Waals surface area contributed by atoms with E-state index < -0.39 is 0 Å². The molecule has 2 heterocycles. The Morgan fingerprint density at radius 3 is 1.56 bits per heavy atom. The van der Waals surface area contributed by atoms with E-state index in [1.165, 1.54) is 11.0 Å². The van der Waals surface area contributed by atoms with E-state index in [2.05, 4.69) is 71.5 Å². The summed E-state index contributed by atoms with van der Waals surface area (Å²) >= 11 is 0. The van der Waals surface area contributed by atoms with Crippen molar-refractivity contribution < 1.29 is 0 Å². The Kier molecular flexibility index (Phi) is 4.26. The molecule has 0 fully saturated rings. The van der Waals surface area contributed by atoms with Gasteiger partial charge in [0.25, 0.3) is 0 Å². The van der Waals surface area contributed by atoms with Gasteiger partial charge in [-0.25, -0.2) is 9.97 Å². The Morgan fingerprint density at radius 1 is 0.680 bits per heavy atom. The second-order valence-electron chi connectivity index (χ2n) is 6.51. The fourth-order valence-electron chi connectivity index (χ4n) is 3.61. The Morgan fingerprint density at radius 2 is 1.12 bits per heavy atom. The molecule has 0 N–H and O–H groups in total. The molecule has 4 aromatic rings. The molecule has 2 aromatic heterocycles. The first kappa shape index (κ1) is 15.9. The summed E-state index contributed by atoms with van der Waals surface area (Å²) in [5.41, 5.74) is 4.59. The predicted molar refractivity (Wildman–Crippen MR) is 103 cm³/mol. The first-order chi connectivity index (χ1) is 12.3. The van der Waals surface area contributed by atoms with Crippen LogP contribution < -0.4 is 0 Å². The predicted octanol–water partition coefficient (Wildman–Crippen LogP) is 4.80. The highest BCUT2D eigenvalue weighted by atomic mass is 15.1. The summed E-state index contributed by atoms with van der Waals surface area (Å²) in [7, 11) is 0. The molecular weight excluding hydrogens is 308 g/mol. The van der Waals surface area contributed by atoms with Crippen molar-refractivity contribution in [3.05, 3.63) is 60.2 Å². The second-order valence-corrected chi connectivity index (χ2v) is 6.51. The summed E-state index contributed by atoms with van der Waals surface area (Å²) < 4.78 is 4.70. The molecule has 0 radical (unpaired) electrons. The number of para-hydroxylation sites is 4. The number of nitrogens with zero attached hydrogens (tertiary/aromatic N) is 4. The van der Waals surface area contributed by atoms with Crippen LogP contribution in [0.5, 0.6) is 0 Å². The Labute approximate surface area is 148 Å². The third-order valence-electron chi connectivity index (χ3n) is 4.68. The molecule has 2 aromatic carbocycles. The van der Waals surface area contributed by atoms with Gasteiger partial charge >= 0.3 is 0 Å². The van der Waals surface area contributed by atoms with Crippen LogP contribution in [0.2, 0.25) is 0 Å². The van der Waals surface area contributed by atoms with E-state index in [9.17, 15) is 0 Å². The highest BCUT2D eigenvalue weighted by Crippen LogP contribution is 2.22. The maximum absolute atomic E-state index is 4.91. The lowest BCUT2D eigenvalue weighted by atomic mass is 10.3. The summed E-state index contributed by atoms with van der Waals surface area (Å²) in [5, 5.41) is 0. The summed E-state index contributed by atoms with van der Waals surface area (Å²) in [6.07, 6.45) is 2.96. The Hall–Kier alpha value is -2.62. The molecule has 0 atom stereocenters. The van der Waals surface area contributed by atoms with Gasteiger partial charge in [-0.1, -0.05) is 38.1 Å². The zero-order valence-electron chi connectivity index (χ0n) is 14.9. The van der Waals surface area contributed by atoms with Crippen molar-refractivity contribution in [3.63, 3.8) is 0 Å². The van der Waals surface area contributed by atoms with E-state index in [4.69, 9.17) is 9.97 Å². The molecule has 4 heteroatoms. The minimum absolute atomic E-state index is 0.767. The molecule has 4 nitrogen and oxygen atoms in total. The van der Waals surface area contributed by atoms with E-state index in [1.807, 2.05) is 0 Å². The van der Waals surface area contributed by atoms with Crippen molar-refractivity contribution in [3.8, 4) is 0 Å². The van der Waals surface area contributed by atoms with E-state index in [0.717, 1.165) is 55.0 Å². The molecule has 0 bridgehead atoms. The van der Waals surface area contributed by atoms with Crippen molar-refractivity contribution >= 4 is 22.1 Å². The molecule has 0 aliphatic carbocycles. The number of aryl methyl sites for hydroxylation is 2. The van der Waals surface area contributed by atoms with Gasteiger partial charge in [0.15, 0.2) is 0 Å². The summed E-state index contributed by atoms with van der Waals surface area (Å²) in [6.45, 7) is 6.41. The summed E-state index contributed by atoms with van der Waals surface area (Å²) in [6, 6.07) is 16.8. The SMILES string of the molecule is CCCn1c(Cc2nc3ccccc3n2CCC)nc2ccccc21. The van der Waals surface area contributed by atoms with Crippen LogP contribution in [0.15, 0.2) is 48.5 Å². The van der Waals surface area contributed by atoms with Crippen LogP contribution in [0.1, 0.15) is 38.3 Å². The smallest absolute Gasteiger partial charge is 0.117 e. The lowest BCUT2D eigenvalue weighted by molar-refractivity contribution is 0.629. The minimum Gasteiger partial charge on any atom is -0.328 e. The summed E-state index contributed by atoms with van der Waals surface area (Å²) in [5.74, 6) is 2.21. The number of fused-ring (bicyclic) bond motifs is 2. The third kappa shape index (κ3) is 2.82. The van der Waals surface area contributed by atoms with Crippen molar-refractivity contribution in [2.24, 2.45) is 0 Å². The molecule has 128 valence electrons. The van der Waals surface area contributed by atoms with Gasteiger partial charge in [0.2, 0.25) is 0 Å². The van der Waals surface area contributed by atoms with Crippen molar-refractivity contribution in [1.82, 2.24) is 19.1 Å². The van der Waals surface area contributed by atoms with Crippen LogP contribution in [-0.4, -0.2) is 19.1 Å². The van der Waals surface area contributed by atoms with Gasteiger partial charge in [0, 0.05) is 13.1 Å². The Balaban J connectivity index is 1.82. The largest absolute Gasteiger partial charge is 0.328 e. The highest BCUT2D eigenvalue weighted by Gasteiger charge is 2.15. The first-order valence-electron chi connectivity index (χ1n) is 9.20. The van der Waals surface area contributed by atoms with Crippen LogP contribution >= 0.6 is 0 Å². The molecule has 0 aliphatic heterocycles. The van der Waals surface area contributed by atoms with Crippen molar-refractivity contribution in [2.45, 2.75) is 46.2 Å². The number of aromatic nitrogens is 4. The molecule has 0 spiro atoms. The van der Waals surface area contributed by atoms with Crippen molar-refractivity contribution in [1.29, 1.82) is 0 Å². The minimum atomic E-state index is 0.767. The van der Waals surface area contributed by atoms with Gasteiger partial charge in [0.1, 0.15) is 11.6 Å². The Bertz CT molecular complexity index is 927. The number of imidazole rings is 2. The fraction of sp³-hybridized carbons (Fsp3) is 0.333. The second kappa shape index (κ2) is 6.71. The van der Waals surface area contributed by atoms with E-state index >= 15 is 0 Å². The lowest BCUT2D eigenvalue weighted by Gasteiger charge is -2.10. The van der Waals surface area contributed by atoms with Crippen LogP contribution in [0.3, 0.4) is 0 Å². The van der Waals surface area contributed by atoms with Gasteiger partial charge in [-0.3, -0.25) is 0 Å². The normalized spacial score (nSPS) is 11.6. The van der Waals surface area contributed by atoms with Gasteiger partial charge in [-0.2, -0.15) is 0 Å². The first-order valence-corrected chi connectivity index (χ1v) is 9.20. The standard InChI is InChI=1S/C21H24N4/c1-3-13-24-18-11-7-5-9-16(18)22-20(24)15-21-23-17-10-6-8-12-19(17)25(21)14-4-2/h5-12H,3-4,13-15H2,1-2H3. The maximum Gasteiger partial charge on any atom is 0.117 e. The van der Waals surface area contributed by atoms with Gasteiger partial charge in [-0.15, -0.1) is 0 Å². The number of benzene rings is 2. The molecule has 0 aliphatic rings.